The molecular formula is C22H30FN5. The zero-order valence-corrected chi connectivity index (χ0v) is 17.0. The van der Waals surface area contributed by atoms with E-state index in [1.165, 1.54) is 0 Å². The van der Waals surface area contributed by atoms with Crippen LogP contribution >= 0.6 is 0 Å². The van der Waals surface area contributed by atoms with Crippen molar-refractivity contribution in [2.45, 2.75) is 27.3 Å². The first kappa shape index (κ1) is 20.1. The van der Waals surface area contributed by atoms with E-state index in [2.05, 4.69) is 33.1 Å². The first-order valence-corrected chi connectivity index (χ1v) is 9.85. The van der Waals surface area contributed by atoms with Gasteiger partial charge in [-0.25, -0.2) is 9.38 Å². The van der Waals surface area contributed by atoms with Gasteiger partial charge in [-0.05, 0) is 61.3 Å². The number of hydrogen-bond acceptors (Lipinski definition) is 3. The highest BCUT2D eigenvalue weighted by atomic mass is 19.1. The molecule has 0 atom stereocenters. The summed E-state index contributed by atoms with van der Waals surface area (Å²) in [5.41, 5.74) is 10.7. The van der Waals surface area contributed by atoms with Crippen molar-refractivity contribution >= 4 is 17.3 Å². The third-order valence-corrected chi connectivity index (χ3v) is 5.10. The number of anilines is 2. The highest BCUT2D eigenvalue weighted by Gasteiger charge is 2.18. The van der Waals surface area contributed by atoms with Crippen LogP contribution in [0.3, 0.4) is 0 Å². The smallest absolute Gasteiger partial charge is 0.193 e. The van der Waals surface area contributed by atoms with Gasteiger partial charge in [0.2, 0.25) is 0 Å². The zero-order chi connectivity index (χ0) is 20.1. The average Bonchev–Trinajstić information content (AvgIpc) is 2.66. The van der Waals surface area contributed by atoms with Gasteiger partial charge < -0.3 is 20.9 Å². The number of halogens is 1. The van der Waals surface area contributed by atoms with Gasteiger partial charge >= 0.3 is 0 Å². The number of rotatable bonds is 5. The molecule has 1 heterocycles. The molecule has 1 aliphatic heterocycles. The topological polar surface area (TPSA) is 56.9 Å². The molecule has 0 aromatic heterocycles. The van der Waals surface area contributed by atoms with Gasteiger partial charge in [-0.1, -0.05) is 19.1 Å². The molecule has 3 rings (SSSR count). The monoisotopic (exact) mass is 383 g/mol. The van der Waals surface area contributed by atoms with Gasteiger partial charge in [0.15, 0.2) is 5.96 Å². The first-order valence-electron chi connectivity index (χ1n) is 9.85. The summed E-state index contributed by atoms with van der Waals surface area (Å²) in [5.74, 6) is 0.128. The third kappa shape index (κ3) is 5.23. The number of nitrogens with zero attached hydrogens (tertiary/aromatic N) is 3. The largest absolute Gasteiger partial charge is 0.370 e. The van der Waals surface area contributed by atoms with Gasteiger partial charge in [-0.15, -0.1) is 0 Å². The molecule has 6 heteroatoms. The van der Waals surface area contributed by atoms with E-state index in [1.807, 2.05) is 38.1 Å². The Morgan fingerprint density at radius 3 is 2.36 bits per heavy atom. The van der Waals surface area contributed by atoms with E-state index >= 15 is 0 Å². The van der Waals surface area contributed by atoms with Crippen molar-refractivity contribution in [2.75, 3.05) is 42.9 Å². The molecule has 0 bridgehead atoms. The second-order valence-electron chi connectivity index (χ2n) is 7.41. The van der Waals surface area contributed by atoms with Gasteiger partial charge in [-0.3, -0.25) is 0 Å². The fourth-order valence-corrected chi connectivity index (χ4v) is 3.62. The van der Waals surface area contributed by atoms with Crippen LogP contribution in [-0.4, -0.2) is 43.6 Å². The number of aliphatic imine (C=N–C) groups is 1. The molecule has 0 unspecified atom stereocenters. The molecule has 28 heavy (non-hydrogen) atoms. The van der Waals surface area contributed by atoms with Crippen LogP contribution in [0.4, 0.5) is 15.8 Å². The molecule has 150 valence electrons. The number of nitrogens with one attached hydrogen (secondary N) is 1. The second kappa shape index (κ2) is 9.06. The average molecular weight is 384 g/mol. The Bertz CT molecular complexity index is 821. The maximum Gasteiger partial charge on any atom is 0.193 e. The fraction of sp³-hybridized carbons (Fsp3) is 0.409. The quantitative estimate of drug-likeness (QED) is 0.613. The minimum atomic E-state index is -0.196. The Balaban J connectivity index is 1.61. The second-order valence-corrected chi connectivity index (χ2v) is 7.41. The number of aryl methyl sites for hydroxylation is 2. The molecule has 0 radical (unpaired) electrons. The molecule has 2 aromatic carbocycles. The summed E-state index contributed by atoms with van der Waals surface area (Å²) in [4.78, 5) is 8.84. The van der Waals surface area contributed by atoms with E-state index in [9.17, 15) is 4.39 Å². The summed E-state index contributed by atoms with van der Waals surface area (Å²) in [6.45, 7) is 11.3. The molecule has 1 fully saturated rings. The Morgan fingerprint density at radius 1 is 1.07 bits per heavy atom. The summed E-state index contributed by atoms with van der Waals surface area (Å²) in [5, 5.41) is 3.10. The van der Waals surface area contributed by atoms with Gasteiger partial charge in [0.1, 0.15) is 5.82 Å². The van der Waals surface area contributed by atoms with E-state index in [4.69, 9.17) is 5.73 Å². The van der Waals surface area contributed by atoms with Crippen LogP contribution in [0.2, 0.25) is 0 Å². The number of likely N-dealkylation sites (N-methyl/N-ethyl adjacent to an activating group) is 1. The number of nitrogens with two attached hydrogens (primary N) is 1. The summed E-state index contributed by atoms with van der Waals surface area (Å²) in [6, 6.07) is 11.5. The summed E-state index contributed by atoms with van der Waals surface area (Å²) in [6.07, 6.45) is 0. The van der Waals surface area contributed by atoms with Crippen molar-refractivity contribution in [1.82, 2.24) is 4.90 Å². The van der Waals surface area contributed by atoms with Crippen LogP contribution in [-0.2, 0) is 6.54 Å². The van der Waals surface area contributed by atoms with Crippen LogP contribution in [0.5, 0.6) is 0 Å². The number of hydrogen-bond donors (Lipinski definition) is 2. The molecule has 0 aliphatic carbocycles. The molecule has 2 aromatic rings. The molecule has 0 saturated carbocycles. The van der Waals surface area contributed by atoms with Crippen LogP contribution in [0.25, 0.3) is 0 Å². The Morgan fingerprint density at radius 2 is 1.75 bits per heavy atom. The Labute approximate surface area is 167 Å². The maximum absolute atomic E-state index is 14.6. The van der Waals surface area contributed by atoms with Crippen LogP contribution in [0.15, 0.2) is 41.4 Å². The number of guanidine groups is 1. The predicted molar refractivity (Wildman–Crippen MR) is 116 cm³/mol. The fourth-order valence-electron chi connectivity index (χ4n) is 3.62. The van der Waals surface area contributed by atoms with E-state index in [0.29, 0.717) is 18.2 Å². The van der Waals surface area contributed by atoms with Gasteiger partial charge in [0.25, 0.3) is 0 Å². The molecule has 5 nitrogen and oxygen atoms in total. The van der Waals surface area contributed by atoms with Gasteiger partial charge in [-0.2, -0.15) is 0 Å². The maximum atomic E-state index is 14.6. The van der Waals surface area contributed by atoms with Crippen molar-refractivity contribution in [1.29, 1.82) is 0 Å². The van der Waals surface area contributed by atoms with Crippen molar-refractivity contribution < 1.29 is 4.39 Å². The Hall–Kier alpha value is -2.60. The molecular weight excluding hydrogens is 353 g/mol. The number of benzene rings is 2. The SMILES string of the molecule is CCN1CCN(c2ccc(CN=C(N)Nc3cc(C)cc(C)c3)cc2F)CC1. The molecule has 3 N–H and O–H groups in total. The van der Waals surface area contributed by atoms with E-state index in [1.54, 1.807) is 6.07 Å². The lowest BCUT2D eigenvalue weighted by atomic mass is 10.1. The minimum absolute atomic E-state index is 0.196. The predicted octanol–water partition coefficient (Wildman–Crippen LogP) is 3.51. The van der Waals surface area contributed by atoms with E-state index < -0.39 is 0 Å². The van der Waals surface area contributed by atoms with Crippen molar-refractivity contribution in [3.8, 4) is 0 Å². The summed E-state index contributed by atoms with van der Waals surface area (Å²) in [7, 11) is 0. The normalized spacial score (nSPS) is 15.7. The first-order chi connectivity index (χ1) is 13.4. The van der Waals surface area contributed by atoms with Gasteiger partial charge in [0.05, 0.1) is 12.2 Å². The molecule has 0 spiro atoms. The van der Waals surface area contributed by atoms with Crippen LogP contribution in [0.1, 0.15) is 23.6 Å². The molecule has 1 saturated heterocycles. The zero-order valence-electron chi connectivity index (χ0n) is 17.0. The van der Waals surface area contributed by atoms with Crippen molar-refractivity contribution in [2.24, 2.45) is 10.7 Å². The summed E-state index contributed by atoms with van der Waals surface area (Å²) >= 11 is 0. The molecule has 0 amide bonds. The minimum Gasteiger partial charge on any atom is -0.370 e. The highest BCUT2D eigenvalue weighted by Crippen LogP contribution is 2.22. The van der Waals surface area contributed by atoms with Crippen LogP contribution < -0.4 is 16.0 Å². The Kier molecular flexibility index (Phi) is 6.52. The number of piperazine rings is 1. The summed E-state index contributed by atoms with van der Waals surface area (Å²) < 4.78 is 14.6. The molecule has 1 aliphatic rings. The lowest BCUT2D eigenvalue weighted by Gasteiger charge is -2.35. The lowest BCUT2D eigenvalue weighted by Crippen LogP contribution is -2.46. The van der Waals surface area contributed by atoms with E-state index in [-0.39, 0.29) is 5.82 Å². The standard InChI is InChI=1S/C22H30FN5/c1-4-27-7-9-28(10-8-27)21-6-5-18(14-20(21)23)15-25-22(24)26-19-12-16(2)11-17(3)13-19/h5-6,11-14H,4,7-10,15H2,1-3H3,(H3,24,25,26). The van der Waals surface area contributed by atoms with Crippen molar-refractivity contribution in [3.05, 3.63) is 58.9 Å². The highest BCUT2D eigenvalue weighted by molar-refractivity contribution is 5.92. The lowest BCUT2D eigenvalue weighted by molar-refractivity contribution is 0.270. The van der Waals surface area contributed by atoms with Gasteiger partial charge in [0, 0.05) is 31.9 Å². The van der Waals surface area contributed by atoms with Crippen LogP contribution in [0, 0.1) is 19.7 Å². The third-order valence-electron chi connectivity index (χ3n) is 5.10. The van der Waals surface area contributed by atoms with Crippen molar-refractivity contribution in [3.63, 3.8) is 0 Å². The van der Waals surface area contributed by atoms with E-state index in [0.717, 1.165) is 55.1 Å².